The van der Waals surface area contributed by atoms with Crippen LogP contribution in [0.5, 0.6) is 0 Å². The fourth-order valence-corrected chi connectivity index (χ4v) is 6.85. The normalized spacial score (nSPS) is 14.3. The van der Waals surface area contributed by atoms with Gasteiger partial charge < -0.3 is 19.5 Å². The number of fused-ring (bicyclic) bond motifs is 2. The number of benzene rings is 2. The van der Waals surface area contributed by atoms with Crippen molar-refractivity contribution in [2.45, 2.75) is 12.8 Å². The molecule has 4 heterocycles. The molecule has 11 heteroatoms. The number of nitrogens with one attached hydrogen (secondary N) is 1. The molecule has 0 radical (unpaired) electrons. The minimum Gasteiger partial charge on any atom is -0.436 e. The van der Waals surface area contributed by atoms with Gasteiger partial charge in [0.05, 0.1) is 9.58 Å². The number of aromatic nitrogens is 2. The van der Waals surface area contributed by atoms with Crippen LogP contribution < -0.4 is 10.2 Å². The molecule has 1 saturated heterocycles. The van der Waals surface area contributed by atoms with Crippen molar-refractivity contribution < 1.29 is 14.0 Å². The van der Waals surface area contributed by atoms with Crippen LogP contribution >= 0.6 is 34.3 Å². The van der Waals surface area contributed by atoms with Crippen LogP contribution in [0.4, 0.5) is 10.8 Å². The Morgan fingerprint density at radius 3 is 2.53 bits per heavy atom. The second-order valence-corrected chi connectivity index (χ2v) is 11.9. The Kier molecular flexibility index (Phi) is 6.55. The van der Waals surface area contributed by atoms with Crippen LogP contribution in [0.1, 0.15) is 22.5 Å². The molecule has 8 nitrogen and oxygen atoms in total. The summed E-state index contributed by atoms with van der Waals surface area (Å²) in [6.07, 6.45) is 1.66. The summed E-state index contributed by atoms with van der Waals surface area (Å²) < 4.78 is 6.85. The summed E-state index contributed by atoms with van der Waals surface area (Å²) >= 11 is 8.94. The van der Waals surface area contributed by atoms with Gasteiger partial charge in [-0.3, -0.25) is 9.59 Å². The Morgan fingerprint density at radius 2 is 1.82 bits per heavy atom. The molecule has 38 heavy (non-hydrogen) atoms. The van der Waals surface area contributed by atoms with Gasteiger partial charge in [-0.1, -0.05) is 22.9 Å². The maximum atomic E-state index is 13.0. The number of carbonyl (C=O) groups excluding carboxylic acids is 2. The van der Waals surface area contributed by atoms with Crippen LogP contribution in [0.15, 0.2) is 52.9 Å². The predicted molar refractivity (Wildman–Crippen MR) is 154 cm³/mol. The number of piperidine rings is 1. The number of oxazole rings is 1. The number of nitrogens with zero attached hydrogens (tertiary/aromatic N) is 4. The molecule has 1 aliphatic rings. The zero-order valence-electron chi connectivity index (χ0n) is 20.7. The Hall–Kier alpha value is -3.47. The predicted octanol–water partition coefficient (Wildman–Crippen LogP) is 6.38. The SMILES string of the molecule is CN(C)C(=O)C1CCN(c2nc3sc(C(=O)Nc4ccc5oc(-c6ccc(Cl)cc6)nc5c4)cc3s2)CC1. The van der Waals surface area contributed by atoms with Crippen molar-refractivity contribution in [2.75, 3.05) is 37.4 Å². The zero-order valence-corrected chi connectivity index (χ0v) is 23.1. The van der Waals surface area contributed by atoms with Crippen molar-refractivity contribution in [1.82, 2.24) is 14.9 Å². The smallest absolute Gasteiger partial charge is 0.265 e. The summed E-state index contributed by atoms with van der Waals surface area (Å²) in [5.74, 6) is 0.586. The van der Waals surface area contributed by atoms with Crippen molar-refractivity contribution in [1.29, 1.82) is 0 Å². The van der Waals surface area contributed by atoms with Crippen LogP contribution in [0, 0.1) is 5.92 Å². The molecule has 0 bridgehead atoms. The van der Waals surface area contributed by atoms with Crippen molar-refractivity contribution in [2.24, 2.45) is 5.92 Å². The maximum Gasteiger partial charge on any atom is 0.265 e. The van der Waals surface area contributed by atoms with Gasteiger partial charge in [0, 0.05) is 49.4 Å². The Balaban J connectivity index is 1.13. The average Bonchev–Trinajstić information content (AvgIpc) is 3.62. The van der Waals surface area contributed by atoms with E-state index in [4.69, 9.17) is 21.0 Å². The van der Waals surface area contributed by atoms with Crippen molar-refractivity contribution >= 4 is 77.5 Å². The zero-order chi connectivity index (χ0) is 26.4. The molecule has 194 valence electrons. The molecule has 2 amide bonds. The lowest BCUT2D eigenvalue weighted by Crippen LogP contribution is -2.40. The fraction of sp³-hybridized carbons (Fsp3) is 0.259. The van der Waals surface area contributed by atoms with E-state index in [-0.39, 0.29) is 17.7 Å². The summed E-state index contributed by atoms with van der Waals surface area (Å²) in [4.78, 5) is 40.0. The van der Waals surface area contributed by atoms with Gasteiger partial charge in [-0.25, -0.2) is 9.97 Å². The highest BCUT2D eigenvalue weighted by atomic mass is 35.5. The highest BCUT2D eigenvalue weighted by Gasteiger charge is 2.28. The summed E-state index contributed by atoms with van der Waals surface area (Å²) in [5, 5.41) is 4.56. The van der Waals surface area contributed by atoms with E-state index >= 15 is 0 Å². The molecule has 3 aromatic heterocycles. The third kappa shape index (κ3) is 4.87. The molecule has 1 fully saturated rings. The molecule has 6 rings (SSSR count). The lowest BCUT2D eigenvalue weighted by atomic mass is 9.96. The van der Waals surface area contributed by atoms with E-state index < -0.39 is 0 Å². The molecule has 0 saturated carbocycles. The van der Waals surface area contributed by atoms with E-state index in [1.165, 1.54) is 11.3 Å². The summed E-state index contributed by atoms with van der Waals surface area (Å²) in [6, 6.07) is 14.6. The third-order valence-electron chi connectivity index (χ3n) is 6.59. The fourth-order valence-electron chi connectivity index (χ4n) is 4.57. The molecular weight excluding hydrogens is 542 g/mol. The molecule has 0 aliphatic carbocycles. The third-order valence-corrected chi connectivity index (χ3v) is 9.07. The van der Waals surface area contributed by atoms with Gasteiger partial charge in [-0.15, -0.1) is 11.3 Å². The number of thiophene rings is 1. The van der Waals surface area contributed by atoms with Crippen LogP contribution in [-0.2, 0) is 4.79 Å². The Labute approximate surface area is 231 Å². The number of rotatable bonds is 5. The molecule has 2 aromatic carbocycles. The summed E-state index contributed by atoms with van der Waals surface area (Å²) in [6.45, 7) is 1.62. The molecule has 1 aliphatic heterocycles. The quantitative estimate of drug-likeness (QED) is 0.266. The van der Waals surface area contributed by atoms with Crippen LogP contribution in [0.2, 0.25) is 5.02 Å². The topological polar surface area (TPSA) is 91.6 Å². The van der Waals surface area contributed by atoms with Gasteiger partial charge in [0.2, 0.25) is 11.8 Å². The number of anilines is 2. The maximum absolute atomic E-state index is 13.0. The van der Waals surface area contributed by atoms with Crippen LogP contribution in [-0.4, -0.2) is 53.9 Å². The van der Waals surface area contributed by atoms with E-state index in [0.717, 1.165) is 46.2 Å². The van der Waals surface area contributed by atoms with Gasteiger partial charge in [-0.2, -0.15) is 0 Å². The van der Waals surface area contributed by atoms with E-state index in [2.05, 4.69) is 15.2 Å². The Morgan fingerprint density at radius 1 is 1.05 bits per heavy atom. The van der Waals surface area contributed by atoms with Crippen LogP contribution in [0.3, 0.4) is 0 Å². The number of amides is 2. The molecule has 5 aromatic rings. The lowest BCUT2D eigenvalue weighted by molar-refractivity contribution is -0.133. The van der Waals surface area contributed by atoms with Gasteiger partial charge in [0.1, 0.15) is 10.3 Å². The number of hydrogen-bond acceptors (Lipinski definition) is 8. The first-order valence-corrected chi connectivity index (χ1v) is 14.2. The molecule has 0 atom stereocenters. The van der Waals surface area contributed by atoms with E-state index in [9.17, 15) is 9.59 Å². The number of hydrogen-bond donors (Lipinski definition) is 1. The Bertz CT molecular complexity index is 1620. The molecule has 1 N–H and O–H groups in total. The van der Waals surface area contributed by atoms with Gasteiger partial charge in [0.25, 0.3) is 5.91 Å². The van der Waals surface area contributed by atoms with Crippen molar-refractivity contribution in [3.63, 3.8) is 0 Å². The minimum atomic E-state index is -0.189. The van der Waals surface area contributed by atoms with E-state index in [1.807, 2.05) is 32.3 Å². The molecule has 0 spiro atoms. The van der Waals surface area contributed by atoms with Crippen molar-refractivity contribution in [3.8, 4) is 11.5 Å². The lowest BCUT2D eigenvalue weighted by Gasteiger charge is -2.32. The first-order valence-electron chi connectivity index (χ1n) is 12.2. The first-order chi connectivity index (χ1) is 18.3. The van der Waals surface area contributed by atoms with Crippen LogP contribution in [0.25, 0.3) is 32.1 Å². The number of halogens is 1. The number of carbonyl (C=O) groups is 2. The van der Waals surface area contributed by atoms with E-state index in [0.29, 0.717) is 32.6 Å². The summed E-state index contributed by atoms with van der Waals surface area (Å²) in [7, 11) is 3.62. The first kappa shape index (κ1) is 24.8. The second kappa shape index (κ2) is 10.0. The monoisotopic (exact) mass is 565 g/mol. The van der Waals surface area contributed by atoms with Gasteiger partial charge >= 0.3 is 0 Å². The van der Waals surface area contributed by atoms with Gasteiger partial charge in [0.15, 0.2) is 10.7 Å². The van der Waals surface area contributed by atoms with E-state index in [1.54, 1.807) is 46.6 Å². The van der Waals surface area contributed by atoms with Gasteiger partial charge in [-0.05, 0) is 61.4 Å². The van der Waals surface area contributed by atoms with Crippen molar-refractivity contribution in [3.05, 3.63) is 58.4 Å². The largest absolute Gasteiger partial charge is 0.436 e. The number of thiazole rings is 1. The standard InChI is InChI=1S/C27H24ClN5O3S2/c1-32(2)26(35)16-9-11-33(12-10-16)27-31-25-22(38-27)14-21(37-25)23(34)29-18-7-8-20-19(13-18)30-24(36-20)15-3-5-17(28)6-4-15/h3-8,13-14,16H,9-12H2,1-2H3,(H,29,34). The molecular formula is C27H24ClN5O3S2. The minimum absolute atomic E-state index is 0.0816. The summed E-state index contributed by atoms with van der Waals surface area (Å²) in [5.41, 5.74) is 2.76. The highest BCUT2D eigenvalue weighted by Crippen LogP contribution is 2.36. The second-order valence-electron chi connectivity index (χ2n) is 9.43. The average molecular weight is 566 g/mol. The molecule has 0 unspecified atom stereocenters. The highest BCUT2D eigenvalue weighted by molar-refractivity contribution is 7.29.